The number of esters is 1. The maximum atomic E-state index is 11.5. The molecule has 0 radical (unpaired) electrons. The van der Waals surface area contributed by atoms with Gasteiger partial charge in [-0.15, -0.1) is 0 Å². The smallest absolute Gasteiger partial charge is 0.335 e. The van der Waals surface area contributed by atoms with Crippen molar-refractivity contribution in [3.63, 3.8) is 0 Å². The summed E-state index contributed by atoms with van der Waals surface area (Å²) in [4.78, 5) is 11.5. The van der Waals surface area contributed by atoms with E-state index in [1.165, 1.54) is 6.08 Å². The minimum atomic E-state index is -0.403. The van der Waals surface area contributed by atoms with Crippen molar-refractivity contribution in [2.24, 2.45) is 0 Å². The summed E-state index contributed by atoms with van der Waals surface area (Å²) < 4.78 is 16.0. The van der Waals surface area contributed by atoms with Crippen LogP contribution in [0.4, 0.5) is 0 Å². The molecule has 0 aromatic heterocycles. The van der Waals surface area contributed by atoms with Gasteiger partial charge in [0.25, 0.3) is 0 Å². The summed E-state index contributed by atoms with van der Waals surface area (Å²) in [5, 5.41) is 0. The highest BCUT2D eigenvalue weighted by Crippen LogP contribution is 2.13. The standard InChI is InChI=1S/C15H18O4/c16-14(19-13-7-2-1-3-8-13)9-6-12-18-15-10-4-5-11-17-15/h1-3,6-9,15H,4-5,10-12H2/b9-6+. The van der Waals surface area contributed by atoms with Gasteiger partial charge < -0.3 is 14.2 Å². The molecule has 0 saturated carbocycles. The molecule has 0 bridgehead atoms. The molecule has 1 aromatic rings. The molecular formula is C15H18O4. The van der Waals surface area contributed by atoms with Crippen LogP contribution >= 0.6 is 0 Å². The number of para-hydroxylation sites is 1. The van der Waals surface area contributed by atoms with Gasteiger partial charge in [-0.3, -0.25) is 0 Å². The SMILES string of the molecule is O=C(/C=C/COC1CCCCO1)Oc1ccccc1. The van der Waals surface area contributed by atoms with E-state index in [-0.39, 0.29) is 6.29 Å². The molecule has 4 heteroatoms. The van der Waals surface area contributed by atoms with Crippen LogP contribution in [0.5, 0.6) is 5.75 Å². The summed E-state index contributed by atoms with van der Waals surface area (Å²) in [5.41, 5.74) is 0. The highest BCUT2D eigenvalue weighted by atomic mass is 16.7. The van der Waals surface area contributed by atoms with Gasteiger partial charge in [-0.25, -0.2) is 4.79 Å². The molecule has 2 rings (SSSR count). The second-order valence-corrected chi connectivity index (χ2v) is 4.27. The first-order valence-corrected chi connectivity index (χ1v) is 6.51. The van der Waals surface area contributed by atoms with E-state index < -0.39 is 5.97 Å². The Balaban J connectivity index is 1.66. The lowest BCUT2D eigenvalue weighted by Gasteiger charge is -2.21. The van der Waals surface area contributed by atoms with Crippen LogP contribution in [0.25, 0.3) is 0 Å². The third-order valence-corrected chi connectivity index (χ3v) is 2.73. The molecule has 0 amide bonds. The van der Waals surface area contributed by atoms with Gasteiger partial charge in [0, 0.05) is 12.7 Å². The van der Waals surface area contributed by atoms with Crippen molar-refractivity contribution in [3.05, 3.63) is 42.5 Å². The van der Waals surface area contributed by atoms with Crippen LogP contribution in [0.3, 0.4) is 0 Å². The maximum Gasteiger partial charge on any atom is 0.335 e. The Morgan fingerprint density at radius 1 is 1.32 bits per heavy atom. The molecule has 1 aliphatic heterocycles. The van der Waals surface area contributed by atoms with E-state index in [0.717, 1.165) is 25.9 Å². The second kappa shape index (κ2) is 7.71. The van der Waals surface area contributed by atoms with Gasteiger partial charge in [0.15, 0.2) is 6.29 Å². The minimum absolute atomic E-state index is 0.136. The van der Waals surface area contributed by atoms with E-state index in [4.69, 9.17) is 14.2 Å². The Morgan fingerprint density at radius 3 is 2.89 bits per heavy atom. The topological polar surface area (TPSA) is 44.8 Å². The van der Waals surface area contributed by atoms with Crippen LogP contribution in [0.2, 0.25) is 0 Å². The Labute approximate surface area is 113 Å². The number of hydrogen-bond donors (Lipinski definition) is 0. The van der Waals surface area contributed by atoms with E-state index in [0.29, 0.717) is 12.4 Å². The van der Waals surface area contributed by atoms with Crippen molar-refractivity contribution in [1.82, 2.24) is 0 Å². The third kappa shape index (κ3) is 5.24. The first kappa shape index (κ1) is 13.8. The van der Waals surface area contributed by atoms with Crippen LogP contribution in [0.15, 0.2) is 42.5 Å². The number of carbonyl (C=O) groups is 1. The predicted octanol–water partition coefficient (Wildman–Crippen LogP) is 2.69. The molecule has 1 aromatic carbocycles. The molecule has 1 aliphatic rings. The van der Waals surface area contributed by atoms with Crippen LogP contribution in [0.1, 0.15) is 19.3 Å². The van der Waals surface area contributed by atoms with Crippen molar-refractivity contribution in [3.8, 4) is 5.75 Å². The average Bonchev–Trinajstić information content (AvgIpc) is 2.46. The molecule has 1 heterocycles. The molecule has 0 aliphatic carbocycles. The fourth-order valence-electron chi connectivity index (χ4n) is 1.79. The summed E-state index contributed by atoms with van der Waals surface area (Å²) >= 11 is 0. The predicted molar refractivity (Wildman–Crippen MR) is 70.8 cm³/mol. The zero-order chi connectivity index (χ0) is 13.3. The molecular weight excluding hydrogens is 244 g/mol. The monoisotopic (exact) mass is 262 g/mol. The maximum absolute atomic E-state index is 11.5. The Bertz CT molecular complexity index is 407. The van der Waals surface area contributed by atoms with Crippen LogP contribution in [0, 0.1) is 0 Å². The molecule has 1 fully saturated rings. The molecule has 4 nitrogen and oxygen atoms in total. The molecule has 1 atom stereocenters. The number of hydrogen-bond acceptors (Lipinski definition) is 4. The van der Waals surface area contributed by atoms with E-state index in [1.54, 1.807) is 18.2 Å². The molecule has 1 unspecified atom stereocenters. The van der Waals surface area contributed by atoms with Crippen molar-refractivity contribution in [1.29, 1.82) is 0 Å². The molecule has 1 saturated heterocycles. The van der Waals surface area contributed by atoms with Crippen molar-refractivity contribution in [2.75, 3.05) is 13.2 Å². The minimum Gasteiger partial charge on any atom is -0.423 e. The molecule has 102 valence electrons. The number of ether oxygens (including phenoxy) is 3. The van der Waals surface area contributed by atoms with Crippen molar-refractivity contribution >= 4 is 5.97 Å². The average molecular weight is 262 g/mol. The zero-order valence-corrected chi connectivity index (χ0v) is 10.8. The third-order valence-electron chi connectivity index (χ3n) is 2.73. The molecule has 0 N–H and O–H groups in total. The number of rotatable bonds is 5. The van der Waals surface area contributed by atoms with Crippen LogP contribution in [-0.2, 0) is 14.3 Å². The summed E-state index contributed by atoms with van der Waals surface area (Å²) in [5.74, 6) is 0.132. The largest absolute Gasteiger partial charge is 0.423 e. The fourth-order valence-corrected chi connectivity index (χ4v) is 1.79. The van der Waals surface area contributed by atoms with E-state index in [1.807, 2.05) is 18.2 Å². The summed E-state index contributed by atoms with van der Waals surface area (Å²) in [6.07, 6.45) is 6.02. The lowest BCUT2D eigenvalue weighted by atomic mass is 10.2. The van der Waals surface area contributed by atoms with Crippen LogP contribution < -0.4 is 4.74 Å². The molecule has 0 spiro atoms. The lowest BCUT2D eigenvalue weighted by Crippen LogP contribution is -2.22. The van der Waals surface area contributed by atoms with Gasteiger partial charge in [0.2, 0.25) is 0 Å². The highest BCUT2D eigenvalue weighted by Gasteiger charge is 2.12. The van der Waals surface area contributed by atoms with E-state index >= 15 is 0 Å². The summed E-state index contributed by atoms with van der Waals surface area (Å²) in [6.45, 7) is 1.11. The van der Waals surface area contributed by atoms with Crippen molar-refractivity contribution < 1.29 is 19.0 Å². The summed E-state index contributed by atoms with van der Waals surface area (Å²) in [6, 6.07) is 8.97. The number of benzene rings is 1. The normalized spacial score (nSPS) is 19.5. The van der Waals surface area contributed by atoms with Gasteiger partial charge in [0.1, 0.15) is 5.75 Å². The van der Waals surface area contributed by atoms with Gasteiger partial charge in [-0.2, -0.15) is 0 Å². The second-order valence-electron chi connectivity index (χ2n) is 4.27. The summed E-state index contributed by atoms with van der Waals surface area (Å²) in [7, 11) is 0. The lowest BCUT2D eigenvalue weighted by molar-refractivity contribution is -0.155. The quantitative estimate of drug-likeness (QED) is 0.465. The van der Waals surface area contributed by atoms with E-state index in [9.17, 15) is 4.79 Å². The van der Waals surface area contributed by atoms with Gasteiger partial charge in [0.05, 0.1) is 6.61 Å². The number of carbonyl (C=O) groups excluding carboxylic acids is 1. The Kier molecular flexibility index (Phi) is 5.59. The Hall–Kier alpha value is -1.65. The Morgan fingerprint density at radius 2 is 2.16 bits per heavy atom. The molecule has 19 heavy (non-hydrogen) atoms. The first-order chi connectivity index (χ1) is 9.34. The fraction of sp³-hybridized carbons (Fsp3) is 0.400. The van der Waals surface area contributed by atoms with Crippen molar-refractivity contribution in [2.45, 2.75) is 25.6 Å². The van der Waals surface area contributed by atoms with Gasteiger partial charge in [-0.1, -0.05) is 24.3 Å². The zero-order valence-electron chi connectivity index (χ0n) is 10.8. The van der Waals surface area contributed by atoms with E-state index in [2.05, 4.69) is 0 Å². The van der Waals surface area contributed by atoms with Crippen LogP contribution in [-0.4, -0.2) is 25.5 Å². The van der Waals surface area contributed by atoms with Gasteiger partial charge >= 0.3 is 5.97 Å². The highest BCUT2D eigenvalue weighted by molar-refractivity contribution is 5.83. The van der Waals surface area contributed by atoms with Gasteiger partial charge in [-0.05, 0) is 31.4 Å². The first-order valence-electron chi connectivity index (χ1n) is 6.51.